The highest BCUT2D eigenvalue weighted by atomic mass is 19.1. The molecule has 2 aromatic rings. The van der Waals surface area contributed by atoms with Crippen LogP contribution in [0.1, 0.15) is 43.1 Å². The normalized spacial score (nSPS) is 22.0. The van der Waals surface area contributed by atoms with Crippen LogP contribution >= 0.6 is 0 Å². The van der Waals surface area contributed by atoms with E-state index in [4.69, 9.17) is 0 Å². The minimum atomic E-state index is -1.33. The van der Waals surface area contributed by atoms with E-state index in [2.05, 4.69) is 10.3 Å². The van der Waals surface area contributed by atoms with E-state index in [1.54, 1.807) is 4.57 Å². The molecule has 0 amide bonds. The summed E-state index contributed by atoms with van der Waals surface area (Å²) in [6.07, 6.45) is 2.26. The van der Waals surface area contributed by atoms with Gasteiger partial charge in [-0.05, 0) is 34.1 Å². The van der Waals surface area contributed by atoms with Gasteiger partial charge in [0, 0.05) is 42.5 Å². The molecule has 0 aliphatic carbocycles. The molecule has 2 N–H and O–H groups in total. The van der Waals surface area contributed by atoms with Gasteiger partial charge in [-0.3, -0.25) is 4.79 Å². The number of hydrogen-bond acceptors (Lipinski definition) is 5. The molecule has 4 rings (SSSR count). The first kappa shape index (κ1) is 17.9. The van der Waals surface area contributed by atoms with Crippen LogP contribution in [0.4, 0.5) is 10.2 Å². The lowest BCUT2D eigenvalue weighted by Gasteiger charge is -2.31. The van der Waals surface area contributed by atoms with Gasteiger partial charge in [0.2, 0.25) is 5.43 Å². The average Bonchev–Trinajstić information content (AvgIpc) is 3.19. The van der Waals surface area contributed by atoms with Crippen molar-refractivity contribution in [3.8, 4) is 0 Å². The summed E-state index contributed by atoms with van der Waals surface area (Å²) in [5.74, 6) is -1.63. The second-order valence-corrected chi connectivity index (χ2v) is 8.44. The van der Waals surface area contributed by atoms with E-state index in [-0.39, 0.29) is 28.4 Å². The third kappa shape index (κ3) is 2.62. The van der Waals surface area contributed by atoms with Gasteiger partial charge in [-0.2, -0.15) is 0 Å². The molecule has 2 saturated heterocycles. The molecule has 4 heterocycles. The summed E-state index contributed by atoms with van der Waals surface area (Å²) in [6, 6.07) is 0.508. The maximum Gasteiger partial charge on any atom is 0.341 e. The summed E-state index contributed by atoms with van der Waals surface area (Å²) in [6.45, 7) is 8.66. The number of carbonyl (C=O) groups is 1. The zero-order valence-electron chi connectivity index (χ0n) is 15.8. The van der Waals surface area contributed by atoms with Crippen molar-refractivity contribution in [3.63, 3.8) is 0 Å². The van der Waals surface area contributed by atoms with Crippen LogP contribution in [-0.4, -0.2) is 45.8 Å². The number of fused-ring (bicyclic) bond motifs is 3. The molecular weight excluding hydrogens is 351 g/mol. The molecule has 0 radical (unpaired) electrons. The Morgan fingerprint density at radius 3 is 2.63 bits per heavy atom. The highest BCUT2D eigenvalue weighted by Gasteiger charge is 2.40. The molecule has 0 saturated carbocycles. The molecule has 2 fully saturated rings. The highest BCUT2D eigenvalue weighted by molar-refractivity contribution is 5.93. The Balaban J connectivity index is 2.05. The van der Waals surface area contributed by atoms with E-state index in [0.29, 0.717) is 18.2 Å². The third-order valence-corrected chi connectivity index (χ3v) is 5.58. The molecule has 0 aromatic carbocycles. The van der Waals surface area contributed by atoms with Crippen LogP contribution in [0.5, 0.6) is 0 Å². The van der Waals surface area contributed by atoms with Crippen LogP contribution in [0, 0.1) is 12.7 Å². The van der Waals surface area contributed by atoms with Gasteiger partial charge in [0.1, 0.15) is 11.2 Å². The van der Waals surface area contributed by atoms with E-state index < -0.39 is 22.8 Å². The molecule has 0 spiro atoms. The number of carboxylic acid groups (broad SMARTS) is 1. The number of carboxylic acids is 1. The Hall–Kier alpha value is -2.48. The highest BCUT2D eigenvalue weighted by Crippen LogP contribution is 2.34. The predicted octanol–water partition coefficient (Wildman–Crippen LogP) is 1.85. The molecule has 27 heavy (non-hydrogen) atoms. The number of rotatable bonds is 2. The molecule has 8 heteroatoms. The van der Waals surface area contributed by atoms with Gasteiger partial charge in [-0.25, -0.2) is 14.2 Å². The molecule has 2 aromatic heterocycles. The maximum atomic E-state index is 15.2. The monoisotopic (exact) mass is 374 g/mol. The van der Waals surface area contributed by atoms with Crippen molar-refractivity contribution in [1.29, 1.82) is 0 Å². The predicted molar refractivity (Wildman–Crippen MR) is 100 cm³/mol. The Morgan fingerprint density at radius 1 is 1.41 bits per heavy atom. The summed E-state index contributed by atoms with van der Waals surface area (Å²) in [4.78, 5) is 30.8. The molecule has 0 unspecified atom stereocenters. The largest absolute Gasteiger partial charge is 0.477 e. The van der Waals surface area contributed by atoms with Crippen LogP contribution in [-0.2, 0) is 5.54 Å². The van der Waals surface area contributed by atoms with Crippen molar-refractivity contribution in [3.05, 3.63) is 33.4 Å². The number of hydrogen-bond donors (Lipinski definition) is 2. The van der Waals surface area contributed by atoms with E-state index in [9.17, 15) is 14.7 Å². The van der Waals surface area contributed by atoms with Gasteiger partial charge in [0.05, 0.1) is 5.39 Å². The number of aromatic nitrogens is 2. The quantitative estimate of drug-likeness (QED) is 0.834. The van der Waals surface area contributed by atoms with Crippen LogP contribution < -0.4 is 15.6 Å². The summed E-state index contributed by atoms with van der Waals surface area (Å²) >= 11 is 0. The molecular formula is C19H23FN4O3. The molecule has 7 nitrogen and oxygen atoms in total. The molecule has 2 aliphatic heterocycles. The number of aromatic carboxylic acids is 1. The Labute approximate surface area is 155 Å². The van der Waals surface area contributed by atoms with Gasteiger partial charge in [-0.15, -0.1) is 0 Å². The van der Waals surface area contributed by atoms with Crippen molar-refractivity contribution in [2.75, 3.05) is 18.0 Å². The van der Waals surface area contributed by atoms with Gasteiger partial charge in [0.25, 0.3) is 0 Å². The number of aryl methyl sites for hydroxylation is 1. The zero-order chi connectivity index (χ0) is 19.7. The van der Waals surface area contributed by atoms with E-state index in [1.165, 1.54) is 13.1 Å². The van der Waals surface area contributed by atoms with Crippen LogP contribution in [0.2, 0.25) is 0 Å². The van der Waals surface area contributed by atoms with E-state index in [0.717, 1.165) is 13.0 Å². The molecule has 144 valence electrons. The minimum absolute atomic E-state index is 0.0357. The fourth-order valence-electron chi connectivity index (χ4n) is 4.15. The first-order valence-corrected chi connectivity index (χ1v) is 9.09. The van der Waals surface area contributed by atoms with Gasteiger partial charge >= 0.3 is 5.97 Å². The number of pyridine rings is 2. The van der Waals surface area contributed by atoms with Crippen LogP contribution in [0.15, 0.2) is 11.0 Å². The Morgan fingerprint density at radius 2 is 2.11 bits per heavy atom. The molecule has 2 bridgehead atoms. The van der Waals surface area contributed by atoms with Gasteiger partial charge in [0.15, 0.2) is 11.6 Å². The smallest absolute Gasteiger partial charge is 0.341 e. The van der Waals surface area contributed by atoms with Crippen LogP contribution in [0.3, 0.4) is 0 Å². The number of halogens is 1. The van der Waals surface area contributed by atoms with Crippen molar-refractivity contribution in [1.82, 2.24) is 14.9 Å². The third-order valence-electron chi connectivity index (χ3n) is 5.58. The second-order valence-electron chi connectivity index (χ2n) is 8.44. The lowest BCUT2D eigenvalue weighted by Crippen LogP contribution is -2.44. The summed E-state index contributed by atoms with van der Waals surface area (Å²) in [5.41, 5.74) is -1.13. The Kier molecular flexibility index (Phi) is 3.82. The number of anilines is 1. The standard InChI is InChI=1S/C19H23FN4O3/c1-9-13-15(25)12(18(26)27)8-24(19(2,3)4)16(13)22-17(14(9)20)23-7-10-5-11(23)6-21-10/h8,10-11,21H,5-7H2,1-4H3,(H,26,27)/t10-,11-/m1/s1. The second kappa shape index (κ2) is 5.76. The molecule has 2 atom stereocenters. The number of nitrogens with one attached hydrogen (secondary N) is 1. The van der Waals surface area contributed by atoms with Gasteiger partial charge in [-0.1, -0.05) is 0 Å². The van der Waals surface area contributed by atoms with Gasteiger partial charge < -0.3 is 19.9 Å². The SMILES string of the molecule is Cc1c(F)c(N2C[C@H]3C[C@@H]2CN3)nc2c1c(=O)c(C(=O)O)cn2C(C)(C)C. The first-order chi connectivity index (χ1) is 12.6. The molecule has 2 aliphatic rings. The summed E-state index contributed by atoms with van der Waals surface area (Å²) < 4.78 is 16.9. The van der Waals surface area contributed by atoms with E-state index in [1.807, 2.05) is 25.7 Å². The maximum absolute atomic E-state index is 15.2. The fourth-order valence-corrected chi connectivity index (χ4v) is 4.15. The minimum Gasteiger partial charge on any atom is -0.477 e. The van der Waals surface area contributed by atoms with Crippen molar-refractivity contribution in [2.45, 2.75) is 51.7 Å². The van der Waals surface area contributed by atoms with Crippen molar-refractivity contribution < 1.29 is 14.3 Å². The first-order valence-electron chi connectivity index (χ1n) is 9.09. The fraction of sp³-hybridized carbons (Fsp3) is 0.526. The zero-order valence-corrected chi connectivity index (χ0v) is 15.8. The summed E-state index contributed by atoms with van der Waals surface area (Å²) in [7, 11) is 0. The summed E-state index contributed by atoms with van der Waals surface area (Å²) in [5, 5.41) is 12.8. The van der Waals surface area contributed by atoms with Crippen molar-refractivity contribution >= 4 is 22.8 Å². The number of piperazine rings is 1. The topological polar surface area (TPSA) is 87.5 Å². The van der Waals surface area contributed by atoms with Crippen LogP contribution in [0.25, 0.3) is 11.0 Å². The lowest BCUT2D eigenvalue weighted by atomic mass is 10.0. The lowest BCUT2D eigenvalue weighted by molar-refractivity contribution is 0.0694. The Bertz CT molecular complexity index is 1020. The van der Waals surface area contributed by atoms with Crippen molar-refractivity contribution in [2.24, 2.45) is 0 Å². The number of nitrogens with zero attached hydrogens (tertiary/aromatic N) is 3. The van der Waals surface area contributed by atoms with E-state index >= 15 is 4.39 Å². The average molecular weight is 374 g/mol.